The number of pyridine rings is 1. The van der Waals surface area contributed by atoms with E-state index in [4.69, 9.17) is 9.97 Å². The van der Waals surface area contributed by atoms with Crippen LogP contribution in [0, 0.1) is 0 Å². The van der Waals surface area contributed by atoms with Gasteiger partial charge < -0.3 is 9.55 Å². The molecule has 0 unspecified atom stereocenters. The molecular weight excluding hydrogens is 512 g/mol. The third-order valence-electron chi connectivity index (χ3n) is 8.24. The lowest BCUT2D eigenvalue weighted by Crippen LogP contribution is -2.22. The molecule has 3 heterocycles. The Morgan fingerprint density at radius 1 is 0.643 bits per heavy atom. The van der Waals surface area contributed by atoms with Gasteiger partial charge in [-0.15, -0.1) is 0 Å². The fraction of sp³-hybridized carbons (Fsp3) is 0.105. The molecule has 8 aromatic rings. The molecule has 202 valence electrons. The number of hydrogen-bond donors (Lipinski definition) is 1. The zero-order chi connectivity index (χ0) is 28.4. The number of H-pyrrole nitrogens is 1. The minimum Gasteiger partial charge on any atom is -0.354 e. The van der Waals surface area contributed by atoms with Crippen molar-refractivity contribution in [3.05, 3.63) is 121 Å². The zero-order valence-corrected chi connectivity index (χ0v) is 23.9. The Labute approximate surface area is 244 Å². The molecule has 4 heteroatoms. The van der Waals surface area contributed by atoms with Crippen molar-refractivity contribution in [3.63, 3.8) is 0 Å². The molecule has 4 nitrogen and oxygen atoms in total. The van der Waals surface area contributed by atoms with Crippen LogP contribution < -0.4 is 0 Å². The molecule has 1 N–H and O–H groups in total. The molecule has 0 bridgehead atoms. The van der Waals surface area contributed by atoms with Crippen LogP contribution in [0.3, 0.4) is 0 Å². The van der Waals surface area contributed by atoms with E-state index in [0.717, 1.165) is 61.2 Å². The smallest absolute Gasteiger partial charge is 0.143 e. The largest absolute Gasteiger partial charge is 0.354 e. The van der Waals surface area contributed by atoms with E-state index in [1.165, 1.54) is 16.2 Å². The van der Waals surface area contributed by atoms with Gasteiger partial charge in [-0.1, -0.05) is 84.9 Å². The Morgan fingerprint density at radius 2 is 1.36 bits per heavy atom. The Balaban J connectivity index is 1.34. The lowest BCUT2D eigenvalue weighted by atomic mass is 9.99. The van der Waals surface area contributed by atoms with Crippen LogP contribution in [0.5, 0.6) is 0 Å². The number of hydrogen-bond acceptors (Lipinski definition) is 2. The summed E-state index contributed by atoms with van der Waals surface area (Å²) in [6.07, 6.45) is 1.96. The summed E-state index contributed by atoms with van der Waals surface area (Å²) >= 11 is 0. The standard InChI is InChI=1S/C38H30N4/c1-38(2,3)42-34-20-10-16-28(25-13-8-14-26(21-25)33-22-24-11-4-5-12-27(24)23-39-33)36(34)41-37(42)31-18-9-17-30-29-15-6-7-19-32(29)40-35(30)31/h4-23,40H,1-3H3. The first-order valence-corrected chi connectivity index (χ1v) is 14.4. The summed E-state index contributed by atoms with van der Waals surface area (Å²) in [5, 5.41) is 4.78. The molecule has 0 radical (unpaired) electrons. The summed E-state index contributed by atoms with van der Waals surface area (Å²) in [4.78, 5) is 13.9. The van der Waals surface area contributed by atoms with Crippen molar-refractivity contribution in [3.8, 4) is 33.8 Å². The van der Waals surface area contributed by atoms with Crippen molar-refractivity contribution >= 4 is 43.6 Å². The lowest BCUT2D eigenvalue weighted by molar-refractivity contribution is 0.413. The second-order valence-electron chi connectivity index (χ2n) is 12.0. The van der Waals surface area contributed by atoms with Gasteiger partial charge >= 0.3 is 0 Å². The van der Waals surface area contributed by atoms with Gasteiger partial charge in [-0.05, 0) is 62.1 Å². The normalized spacial score (nSPS) is 12.2. The molecule has 0 aliphatic carbocycles. The van der Waals surface area contributed by atoms with Crippen molar-refractivity contribution in [1.29, 1.82) is 0 Å². The molecule has 0 aliphatic heterocycles. The summed E-state index contributed by atoms with van der Waals surface area (Å²) in [7, 11) is 0. The molecule has 0 amide bonds. The first kappa shape index (κ1) is 24.6. The molecule has 0 saturated heterocycles. The average molecular weight is 543 g/mol. The second kappa shape index (κ2) is 9.15. The third-order valence-corrected chi connectivity index (χ3v) is 8.24. The Bertz CT molecular complexity index is 2300. The van der Waals surface area contributed by atoms with Gasteiger partial charge in [0, 0.05) is 50.1 Å². The summed E-state index contributed by atoms with van der Waals surface area (Å²) in [6, 6.07) is 40.7. The third kappa shape index (κ3) is 3.83. The first-order chi connectivity index (χ1) is 20.5. The van der Waals surface area contributed by atoms with Gasteiger partial charge in [-0.25, -0.2) is 4.98 Å². The number of nitrogens with zero attached hydrogens (tertiary/aromatic N) is 3. The number of rotatable bonds is 3. The number of fused-ring (bicyclic) bond motifs is 5. The highest BCUT2D eigenvalue weighted by Gasteiger charge is 2.25. The zero-order valence-electron chi connectivity index (χ0n) is 23.9. The lowest BCUT2D eigenvalue weighted by Gasteiger charge is -2.25. The maximum atomic E-state index is 5.42. The van der Waals surface area contributed by atoms with Crippen molar-refractivity contribution in [1.82, 2.24) is 19.5 Å². The van der Waals surface area contributed by atoms with Crippen LogP contribution in [-0.4, -0.2) is 19.5 Å². The summed E-state index contributed by atoms with van der Waals surface area (Å²) in [5.74, 6) is 0.967. The van der Waals surface area contributed by atoms with Crippen molar-refractivity contribution < 1.29 is 0 Å². The fourth-order valence-corrected chi connectivity index (χ4v) is 6.34. The maximum absolute atomic E-state index is 5.42. The maximum Gasteiger partial charge on any atom is 0.143 e. The van der Waals surface area contributed by atoms with E-state index in [1.54, 1.807) is 0 Å². The number of imidazole rings is 1. The van der Waals surface area contributed by atoms with Crippen molar-refractivity contribution in [2.45, 2.75) is 26.3 Å². The van der Waals surface area contributed by atoms with E-state index in [9.17, 15) is 0 Å². The van der Waals surface area contributed by atoms with Crippen LogP contribution >= 0.6 is 0 Å². The Kier molecular flexibility index (Phi) is 5.35. The molecular formula is C38H30N4. The molecule has 0 saturated carbocycles. The highest BCUT2D eigenvalue weighted by Crippen LogP contribution is 2.40. The quantitative estimate of drug-likeness (QED) is 0.241. The first-order valence-electron chi connectivity index (χ1n) is 14.4. The number of nitrogens with one attached hydrogen (secondary N) is 1. The SMILES string of the molecule is CC(C)(C)n1c(-c2cccc3c2[nH]c2ccccc23)nc2c(-c3cccc(-c4cc5ccccc5cn4)c3)cccc21. The molecule has 42 heavy (non-hydrogen) atoms. The molecule has 0 fully saturated rings. The van der Waals surface area contributed by atoms with E-state index in [0.29, 0.717) is 0 Å². The van der Waals surface area contributed by atoms with E-state index >= 15 is 0 Å². The Hall–Kier alpha value is -5.22. The van der Waals surface area contributed by atoms with Gasteiger partial charge in [-0.3, -0.25) is 4.98 Å². The van der Waals surface area contributed by atoms with Gasteiger partial charge in [0.1, 0.15) is 5.82 Å². The number of aromatic nitrogens is 4. The molecule has 3 aromatic heterocycles. The van der Waals surface area contributed by atoms with E-state index < -0.39 is 0 Å². The molecule has 0 aliphatic rings. The van der Waals surface area contributed by atoms with Crippen LogP contribution in [-0.2, 0) is 5.54 Å². The predicted molar refractivity (Wildman–Crippen MR) is 176 cm³/mol. The highest BCUT2D eigenvalue weighted by molar-refractivity contribution is 6.12. The summed E-state index contributed by atoms with van der Waals surface area (Å²) in [6.45, 7) is 6.75. The van der Waals surface area contributed by atoms with Gasteiger partial charge in [0.05, 0.1) is 22.2 Å². The highest BCUT2D eigenvalue weighted by atomic mass is 15.1. The number of benzene rings is 5. The van der Waals surface area contributed by atoms with Crippen LogP contribution in [0.4, 0.5) is 0 Å². The van der Waals surface area contributed by atoms with Crippen LogP contribution in [0.15, 0.2) is 121 Å². The molecule has 0 atom stereocenters. The van der Waals surface area contributed by atoms with Crippen molar-refractivity contribution in [2.24, 2.45) is 0 Å². The molecule has 5 aromatic carbocycles. The predicted octanol–water partition coefficient (Wildman–Crippen LogP) is 9.97. The van der Waals surface area contributed by atoms with Crippen LogP contribution in [0.2, 0.25) is 0 Å². The Morgan fingerprint density at radius 3 is 2.24 bits per heavy atom. The van der Waals surface area contributed by atoms with Crippen molar-refractivity contribution in [2.75, 3.05) is 0 Å². The number of para-hydroxylation sites is 3. The fourth-order valence-electron chi connectivity index (χ4n) is 6.34. The minimum atomic E-state index is -0.187. The van der Waals surface area contributed by atoms with Gasteiger partial charge in [-0.2, -0.15) is 0 Å². The molecule has 0 spiro atoms. The molecule has 8 rings (SSSR count). The average Bonchev–Trinajstić information content (AvgIpc) is 3.60. The van der Waals surface area contributed by atoms with E-state index in [-0.39, 0.29) is 5.54 Å². The van der Waals surface area contributed by atoms with Crippen LogP contribution in [0.1, 0.15) is 20.8 Å². The van der Waals surface area contributed by atoms with E-state index in [1.807, 2.05) is 6.20 Å². The summed E-state index contributed by atoms with van der Waals surface area (Å²) in [5.41, 5.74) is 9.59. The van der Waals surface area contributed by atoms with Gasteiger partial charge in [0.15, 0.2) is 0 Å². The summed E-state index contributed by atoms with van der Waals surface area (Å²) < 4.78 is 2.39. The topological polar surface area (TPSA) is 46.5 Å². The second-order valence-corrected chi connectivity index (χ2v) is 12.0. The van der Waals surface area contributed by atoms with E-state index in [2.05, 4.69) is 146 Å². The number of aromatic amines is 1. The minimum absolute atomic E-state index is 0.187. The monoisotopic (exact) mass is 542 g/mol. The van der Waals surface area contributed by atoms with Crippen LogP contribution in [0.25, 0.3) is 77.4 Å². The van der Waals surface area contributed by atoms with Gasteiger partial charge in [0.25, 0.3) is 0 Å². The van der Waals surface area contributed by atoms with Gasteiger partial charge in [0.2, 0.25) is 0 Å².